The van der Waals surface area contributed by atoms with Crippen LogP contribution in [0.25, 0.3) is 22.2 Å². The lowest BCUT2D eigenvalue weighted by atomic mass is 10.0. The van der Waals surface area contributed by atoms with E-state index in [0.717, 1.165) is 56.2 Å². The second kappa shape index (κ2) is 8.10. The molecule has 7 nitrogen and oxygen atoms in total. The SMILES string of the molecule is COCCN1CCC(n2cc(-c3nc(N)ncc3F)c3cc(Br)ncc32)CC1. The van der Waals surface area contributed by atoms with Crippen molar-refractivity contribution in [3.63, 3.8) is 0 Å². The molecule has 28 heavy (non-hydrogen) atoms. The Hall–Kier alpha value is -2.10. The first-order valence-electron chi connectivity index (χ1n) is 9.22. The lowest BCUT2D eigenvalue weighted by molar-refractivity contribution is 0.122. The summed E-state index contributed by atoms with van der Waals surface area (Å²) in [5, 5.41) is 0.890. The molecule has 1 aliphatic heterocycles. The van der Waals surface area contributed by atoms with Crippen molar-refractivity contribution in [2.24, 2.45) is 0 Å². The average molecular weight is 449 g/mol. The van der Waals surface area contributed by atoms with Crippen LogP contribution in [0.5, 0.6) is 0 Å². The minimum Gasteiger partial charge on any atom is -0.383 e. The van der Waals surface area contributed by atoms with E-state index in [1.54, 1.807) is 7.11 Å². The number of likely N-dealkylation sites (tertiary alicyclic amines) is 1. The van der Waals surface area contributed by atoms with Crippen molar-refractivity contribution >= 4 is 32.8 Å². The van der Waals surface area contributed by atoms with E-state index in [-0.39, 0.29) is 11.6 Å². The van der Waals surface area contributed by atoms with Crippen LogP contribution in [0.3, 0.4) is 0 Å². The molecule has 2 N–H and O–H groups in total. The van der Waals surface area contributed by atoms with Crippen LogP contribution in [0, 0.1) is 5.82 Å². The number of aromatic nitrogens is 4. The third-order valence-electron chi connectivity index (χ3n) is 5.27. The summed E-state index contributed by atoms with van der Waals surface area (Å²) in [7, 11) is 1.73. The Kier molecular flexibility index (Phi) is 5.56. The Morgan fingerprint density at radius 2 is 2.07 bits per heavy atom. The first-order chi connectivity index (χ1) is 13.6. The van der Waals surface area contributed by atoms with E-state index in [9.17, 15) is 4.39 Å². The van der Waals surface area contributed by atoms with Gasteiger partial charge >= 0.3 is 0 Å². The lowest BCUT2D eigenvalue weighted by Crippen LogP contribution is -2.36. The minimum atomic E-state index is -0.490. The molecular formula is C19H22BrFN6O. The van der Waals surface area contributed by atoms with Gasteiger partial charge in [0.25, 0.3) is 0 Å². The molecule has 0 atom stereocenters. The first-order valence-corrected chi connectivity index (χ1v) is 10.0. The van der Waals surface area contributed by atoms with Crippen molar-refractivity contribution in [1.82, 2.24) is 24.4 Å². The van der Waals surface area contributed by atoms with E-state index < -0.39 is 5.82 Å². The fourth-order valence-corrected chi connectivity index (χ4v) is 4.16. The third kappa shape index (κ3) is 3.74. The molecule has 0 bridgehead atoms. The molecule has 3 aromatic heterocycles. The largest absolute Gasteiger partial charge is 0.383 e. The summed E-state index contributed by atoms with van der Waals surface area (Å²) in [6.07, 6.45) is 6.93. The van der Waals surface area contributed by atoms with Gasteiger partial charge in [-0.1, -0.05) is 0 Å². The monoisotopic (exact) mass is 448 g/mol. The number of rotatable bonds is 5. The maximum Gasteiger partial charge on any atom is 0.220 e. The van der Waals surface area contributed by atoms with E-state index in [0.29, 0.717) is 16.2 Å². The highest BCUT2D eigenvalue weighted by Crippen LogP contribution is 2.36. The maximum atomic E-state index is 14.5. The highest BCUT2D eigenvalue weighted by molar-refractivity contribution is 9.10. The molecule has 0 aliphatic carbocycles. The van der Waals surface area contributed by atoms with E-state index >= 15 is 0 Å². The predicted octanol–water partition coefficient (Wildman–Crippen LogP) is 3.26. The summed E-state index contributed by atoms with van der Waals surface area (Å²) in [5.74, 6) is -0.438. The van der Waals surface area contributed by atoms with Gasteiger partial charge in [-0.05, 0) is 34.8 Å². The number of ether oxygens (including phenoxy) is 1. The van der Waals surface area contributed by atoms with Crippen molar-refractivity contribution in [2.45, 2.75) is 18.9 Å². The first kappa shape index (κ1) is 19.2. The molecule has 0 radical (unpaired) electrons. The number of fused-ring (bicyclic) bond motifs is 1. The number of methoxy groups -OCH3 is 1. The molecule has 0 amide bonds. The van der Waals surface area contributed by atoms with Gasteiger partial charge in [-0.3, -0.25) is 0 Å². The zero-order valence-corrected chi connectivity index (χ0v) is 17.2. The standard InChI is InChI=1S/C19H22BrFN6O/c1-28-7-6-26-4-2-12(3-5-26)27-11-14(13-8-17(20)23-10-16(13)27)18-15(21)9-24-19(22)25-18/h8-12H,2-7H2,1H3,(H2,22,24,25). The lowest BCUT2D eigenvalue weighted by Gasteiger charge is -2.32. The van der Waals surface area contributed by atoms with E-state index in [1.807, 2.05) is 18.5 Å². The number of halogens is 2. The highest BCUT2D eigenvalue weighted by atomic mass is 79.9. The van der Waals surface area contributed by atoms with Gasteiger partial charge in [0.05, 0.1) is 24.5 Å². The van der Waals surface area contributed by atoms with Crippen LogP contribution >= 0.6 is 15.9 Å². The number of anilines is 1. The Morgan fingerprint density at radius 1 is 1.29 bits per heavy atom. The van der Waals surface area contributed by atoms with Crippen LogP contribution in [-0.2, 0) is 4.74 Å². The van der Waals surface area contributed by atoms with Gasteiger partial charge in [0.15, 0.2) is 5.82 Å². The van der Waals surface area contributed by atoms with E-state index in [4.69, 9.17) is 10.5 Å². The second-order valence-corrected chi connectivity index (χ2v) is 7.78. The summed E-state index contributed by atoms with van der Waals surface area (Å²) in [6.45, 7) is 3.69. The third-order valence-corrected chi connectivity index (χ3v) is 5.70. The Labute approximate surface area is 170 Å². The molecular weight excluding hydrogens is 427 g/mol. The number of pyridine rings is 1. The summed E-state index contributed by atoms with van der Waals surface area (Å²) < 4.78 is 22.5. The molecule has 1 aliphatic rings. The molecule has 4 heterocycles. The number of hydrogen-bond acceptors (Lipinski definition) is 6. The Bertz CT molecular complexity index is 986. The number of nitrogens with zero attached hydrogens (tertiary/aromatic N) is 5. The van der Waals surface area contributed by atoms with Gasteiger partial charge in [-0.15, -0.1) is 0 Å². The zero-order valence-electron chi connectivity index (χ0n) is 15.6. The van der Waals surface area contributed by atoms with E-state index in [1.165, 1.54) is 0 Å². The number of nitrogens with two attached hydrogens (primary N) is 1. The highest BCUT2D eigenvalue weighted by Gasteiger charge is 2.24. The fourth-order valence-electron chi connectivity index (χ4n) is 3.82. The molecule has 1 fully saturated rings. The normalized spacial score (nSPS) is 16.1. The molecule has 4 rings (SSSR count). The van der Waals surface area contributed by atoms with Crippen LogP contribution in [-0.4, -0.2) is 57.8 Å². The molecule has 0 aromatic carbocycles. The van der Waals surface area contributed by atoms with Gasteiger partial charge in [-0.25, -0.2) is 19.3 Å². The second-order valence-electron chi connectivity index (χ2n) is 6.96. The maximum absolute atomic E-state index is 14.5. The molecule has 3 aromatic rings. The van der Waals surface area contributed by atoms with Crippen molar-refractivity contribution in [3.8, 4) is 11.3 Å². The fraction of sp³-hybridized carbons (Fsp3) is 0.421. The molecule has 0 spiro atoms. The molecule has 0 saturated carbocycles. The van der Waals surface area contributed by atoms with Crippen molar-refractivity contribution in [3.05, 3.63) is 35.1 Å². The summed E-state index contributed by atoms with van der Waals surface area (Å²) in [6, 6.07) is 2.22. The van der Waals surface area contributed by atoms with E-state index in [2.05, 4.69) is 40.3 Å². The van der Waals surface area contributed by atoms with Crippen molar-refractivity contribution in [1.29, 1.82) is 0 Å². The predicted molar refractivity (Wildman–Crippen MR) is 109 cm³/mol. The van der Waals surface area contributed by atoms with Crippen molar-refractivity contribution < 1.29 is 9.13 Å². The van der Waals surface area contributed by atoms with Gasteiger partial charge in [0.2, 0.25) is 5.95 Å². The summed E-state index contributed by atoms with van der Waals surface area (Å²) in [4.78, 5) is 14.7. The van der Waals surface area contributed by atoms with Crippen LogP contribution in [0.1, 0.15) is 18.9 Å². The van der Waals surface area contributed by atoms with Crippen LogP contribution in [0.4, 0.5) is 10.3 Å². The van der Waals surface area contributed by atoms with Crippen LogP contribution in [0.15, 0.2) is 29.3 Å². The van der Waals surface area contributed by atoms with Gasteiger partial charge < -0.3 is 19.9 Å². The number of hydrogen-bond donors (Lipinski definition) is 1. The molecule has 148 valence electrons. The minimum absolute atomic E-state index is 0.0527. The molecule has 9 heteroatoms. The smallest absolute Gasteiger partial charge is 0.220 e. The summed E-state index contributed by atoms with van der Waals surface area (Å²) in [5.41, 5.74) is 7.59. The molecule has 0 unspecified atom stereocenters. The topological polar surface area (TPSA) is 82.1 Å². The van der Waals surface area contributed by atoms with Gasteiger partial charge in [-0.2, -0.15) is 0 Å². The zero-order chi connectivity index (χ0) is 19.7. The van der Waals surface area contributed by atoms with Crippen molar-refractivity contribution in [2.75, 3.05) is 39.1 Å². The molecule has 1 saturated heterocycles. The quantitative estimate of drug-likeness (QED) is 0.603. The Balaban J connectivity index is 1.72. The van der Waals surface area contributed by atoms with Gasteiger partial charge in [0, 0.05) is 49.9 Å². The average Bonchev–Trinajstić information content (AvgIpc) is 3.07. The Morgan fingerprint density at radius 3 is 2.82 bits per heavy atom. The van der Waals surface area contributed by atoms with Crippen LogP contribution in [0.2, 0.25) is 0 Å². The number of nitrogen functional groups attached to an aromatic ring is 1. The number of piperidine rings is 1. The van der Waals surface area contributed by atoms with Crippen LogP contribution < -0.4 is 5.73 Å². The summed E-state index contributed by atoms with van der Waals surface area (Å²) >= 11 is 3.42. The van der Waals surface area contributed by atoms with Gasteiger partial charge in [0.1, 0.15) is 10.3 Å².